The van der Waals surface area contributed by atoms with E-state index in [-0.39, 0.29) is 11.4 Å². The van der Waals surface area contributed by atoms with Gasteiger partial charge in [-0.15, -0.1) is 0 Å². The number of carbonyl (C=O) groups excluding carboxylic acids is 1. The van der Waals surface area contributed by atoms with E-state index < -0.39 is 24.3 Å². The Morgan fingerprint density at radius 2 is 1.95 bits per heavy atom. The first-order valence-electron chi connectivity index (χ1n) is 6.11. The van der Waals surface area contributed by atoms with Gasteiger partial charge in [0.25, 0.3) is 5.91 Å². The summed E-state index contributed by atoms with van der Waals surface area (Å²) in [5, 5.41) is 2.41. The van der Waals surface area contributed by atoms with E-state index in [9.17, 15) is 18.0 Å². The molecule has 1 rings (SSSR count). The molecule has 2 unspecified atom stereocenters. The molecule has 5 nitrogen and oxygen atoms in total. The van der Waals surface area contributed by atoms with Crippen molar-refractivity contribution in [3.63, 3.8) is 0 Å². The van der Waals surface area contributed by atoms with Crippen LogP contribution in [0.15, 0.2) is 18.2 Å². The van der Waals surface area contributed by atoms with Crippen molar-refractivity contribution in [3.8, 4) is 5.75 Å². The third-order valence-electron chi connectivity index (χ3n) is 2.76. The van der Waals surface area contributed by atoms with Crippen LogP contribution in [0.2, 0.25) is 0 Å². The second-order valence-corrected chi connectivity index (χ2v) is 4.40. The lowest BCUT2D eigenvalue weighted by Crippen LogP contribution is -2.37. The molecule has 0 saturated carbocycles. The summed E-state index contributed by atoms with van der Waals surface area (Å²) in [6.07, 6.45) is -7.83. The van der Waals surface area contributed by atoms with Gasteiger partial charge in [0, 0.05) is 6.07 Å². The van der Waals surface area contributed by atoms with Gasteiger partial charge in [0.15, 0.2) is 6.10 Å². The van der Waals surface area contributed by atoms with E-state index in [1.165, 1.54) is 26.2 Å². The van der Waals surface area contributed by atoms with Crippen LogP contribution in [-0.2, 0) is 9.53 Å². The average Bonchev–Trinajstić information content (AvgIpc) is 2.39. The van der Waals surface area contributed by atoms with Gasteiger partial charge in [0.1, 0.15) is 11.9 Å². The number of hydrogen-bond acceptors (Lipinski definition) is 4. The maximum absolute atomic E-state index is 12.4. The number of alkyl halides is 3. The van der Waals surface area contributed by atoms with Crippen LogP contribution >= 0.6 is 0 Å². The molecule has 1 amide bonds. The van der Waals surface area contributed by atoms with Crippen molar-refractivity contribution in [2.45, 2.75) is 32.2 Å². The fourth-order valence-electron chi connectivity index (χ4n) is 1.46. The van der Waals surface area contributed by atoms with E-state index in [0.717, 1.165) is 6.92 Å². The molecule has 0 spiro atoms. The molecule has 21 heavy (non-hydrogen) atoms. The molecule has 3 N–H and O–H groups in total. The molecule has 2 atom stereocenters. The van der Waals surface area contributed by atoms with E-state index in [2.05, 4.69) is 10.1 Å². The number of nitrogens with one attached hydrogen (secondary N) is 1. The van der Waals surface area contributed by atoms with Crippen LogP contribution in [0.3, 0.4) is 0 Å². The maximum Gasteiger partial charge on any atom is 0.414 e. The molecule has 1 aromatic carbocycles. The van der Waals surface area contributed by atoms with Gasteiger partial charge in [-0.1, -0.05) is 0 Å². The highest BCUT2D eigenvalue weighted by Crippen LogP contribution is 2.26. The smallest absolute Gasteiger partial charge is 0.414 e. The second kappa shape index (κ2) is 6.66. The quantitative estimate of drug-likeness (QED) is 0.820. The molecule has 118 valence electrons. The van der Waals surface area contributed by atoms with Crippen LogP contribution in [-0.4, -0.2) is 31.4 Å². The molecule has 0 fully saturated rings. The minimum Gasteiger partial charge on any atom is -0.497 e. The largest absolute Gasteiger partial charge is 0.497 e. The monoisotopic (exact) mass is 306 g/mol. The standard InChI is InChI=1S/C13H17F3N2O3/c1-7(21-8(2)13(14,15)16)12(19)18-11-5-4-9(20-3)6-10(11)17/h4-8H,17H2,1-3H3,(H,18,19). The summed E-state index contributed by atoms with van der Waals surface area (Å²) >= 11 is 0. The van der Waals surface area contributed by atoms with Gasteiger partial charge in [0.05, 0.1) is 18.5 Å². The third kappa shape index (κ3) is 4.82. The molecule has 0 aromatic heterocycles. The van der Waals surface area contributed by atoms with Crippen molar-refractivity contribution in [1.82, 2.24) is 0 Å². The average molecular weight is 306 g/mol. The number of rotatable bonds is 5. The van der Waals surface area contributed by atoms with Crippen LogP contribution in [0.25, 0.3) is 0 Å². The van der Waals surface area contributed by atoms with Gasteiger partial charge in [-0.05, 0) is 26.0 Å². The van der Waals surface area contributed by atoms with E-state index in [0.29, 0.717) is 5.75 Å². The SMILES string of the molecule is COc1ccc(NC(=O)C(C)OC(C)C(F)(F)F)c(N)c1. The fraction of sp³-hybridized carbons (Fsp3) is 0.462. The van der Waals surface area contributed by atoms with Gasteiger partial charge in [-0.25, -0.2) is 0 Å². The lowest BCUT2D eigenvalue weighted by atomic mass is 10.2. The topological polar surface area (TPSA) is 73.6 Å². The Balaban J connectivity index is 2.68. The number of anilines is 2. The van der Waals surface area contributed by atoms with Gasteiger partial charge in [0.2, 0.25) is 0 Å². The lowest BCUT2D eigenvalue weighted by molar-refractivity contribution is -0.223. The minimum absolute atomic E-state index is 0.235. The molecule has 0 aliphatic carbocycles. The highest BCUT2D eigenvalue weighted by molar-refractivity contribution is 5.96. The van der Waals surface area contributed by atoms with Gasteiger partial charge in [-0.3, -0.25) is 4.79 Å². The zero-order valence-electron chi connectivity index (χ0n) is 11.8. The van der Waals surface area contributed by atoms with E-state index in [1.807, 2.05) is 0 Å². The lowest BCUT2D eigenvalue weighted by Gasteiger charge is -2.21. The van der Waals surface area contributed by atoms with Crippen LogP contribution in [0.4, 0.5) is 24.5 Å². The van der Waals surface area contributed by atoms with E-state index in [4.69, 9.17) is 10.5 Å². The van der Waals surface area contributed by atoms with Crippen molar-refractivity contribution < 1.29 is 27.4 Å². The first-order valence-corrected chi connectivity index (χ1v) is 6.11. The molecule has 0 saturated heterocycles. The molecule has 0 aliphatic rings. The number of ether oxygens (including phenoxy) is 2. The highest BCUT2D eigenvalue weighted by Gasteiger charge is 2.38. The number of benzene rings is 1. The number of amides is 1. The van der Waals surface area contributed by atoms with E-state index >= 15 is 0 Å². The number of methoxy groups -OCH3 is 1. The third-order valence-corrected chi connectivity index (χ3v) is 2.76. The Labute approximate surface area is 120 Å². The van der Waals surface area contributed by atoms with Gasteiger partial charge >= 0.3 is 6.18 Å². The molecule has 1 aromatic rings. The number of hydrogen-bond donors (Lipinski definition) is 2. The minimum atomic E-state index is -4.52. The van der Waals surface area contributed by atoms with Crippen LogP contribution < -0.4 is 15.8 Å². The second-order valence-electron chi connectivity index (χ2n) is 4.40. The summed E-state index contributed by atoms with van der Waals surface area (Å²) in [6, 6.07) is 4.54. The predicted octanol–water partition coefficient (Wildman–Crippen LogP) is 2.57. The van der Waals surface area contributed by atoms with Crippen molar-refractivity contribution in [3.05, 3.63) is 18.2 Å². The first-order chi connectivity index (χ1) is 9.65. The predicted molar refractivity (Wildman–Crippen MR) is 72.1 cm³/mol. The van der Waals surface area contributed by atoms with Crippen molar-refractivity contribution >= 4 is 17.3 Å². The van der Waals surface area contributed by atoms with Crippen molar-refractivity contribution in [1.29, 1.82) is 0 Å². The Kier molecular flexibility index (Phi) is 5.42. The summed E-state index contributed by atoms with van der Waals surface area (Å²) in [7, 11) is 1.46. The molecule has 8 heteroatoms. The Morgan fingerprint density at radius 1 is 1.33 bits per heavy atom. The van der Waals surface area contributed by atoms with Crippen molar-refractivity contribution in [2.75, 3.05) is 18.2 Å². The molecule has 0 aliphatic heterocycles. The highest BCUT2D eigenvalue weighted by atomic mass is 19.4. The fourth-order valence-corrected chi connectivity index (χ4v) is 1.46. The Bertz CT molecular complexity index is 506. The Morgan fingerprint density at radius 3 is 2.43 bits per heavy atom. The number of carbonyl (C=O) groups is 1. The zero-order valence-corrected chi connectivity index (χ0v) is 11.8. The van der Waals surface area contributed by atoms with Crippen LogP contribution in [0.1, 0.15) is 13.8 Å². The van der Waals surface area contributed by atoms with Crippen LogP contribution in [0, 0.1) is 0 Å². The summed E-state index contributed by atoms with van der Waals surface area (Å²) in [5.74, 6) is -0.219. The Hall–Kier alpha value is -1.96. The maximum atomic E-state index is 12.4. The van der Waals surface area contributed by atoms with Crippen molar-refractivity contribution in [2.24, 2.45) is 0 Å². The molecule has 0 bridgehead atoms. The number of halogens is 3. The summed E-state index contributed by atoms with van der Waals surface area (Å²) in [4.78, 5) is 11.8. The van der Waals surface area contributed by atoms with Gasteiger partial charge in [-0.2, -0.15) is 13.2 Å². The zero-order chi connectivity index (χ0) is 16.2. The normalized spacial score (nSPS) is 14.4. The van der Waals surface area contributed by atoms with Crippen LogP contribution in [0.5, 0.6) is 5.75 Å². The van der Waals surface area contributed by atoms with E-state index in [1.54, 1.807) is 6.07 Å². The summed E-state index contributed by atoms with van der Waals surface area (Å²) in [6.45, 7) is 2.07. The number of nitrogen functional groups attached to an aromatic ring is 1. The molecule has 0 heterocycles. The summed E-state index contributed by atoms with van der Waals surface area (Å²) in [5.41, 5.74) is 6.21. The molecule has 0 radical (unpaired) electrons. The number of nitrogens with two attached hydrogens (primary N) is 1. The molecular weight excluding hydrogens is 289 g/mol. The summed E-state index contributed by atoms with van der Waals surface area (Å²) < 4.78 is 46.7. The molecular formula is C13H17F3N2O3. The first kappa shape index (κ1) is 17.1. The van der Waals surface area contributed by atoms with Gasteiger partial charge < -0.3 is 20.5 Å².